The molecule has 0 aliphatic heterocycles. The van der Waals surface area contributed by atoms with Crippen molar-refractivity contribution in [1.82, 2.24) is 4.98 Å². The van der Waals surface area contributed by atoms with Gasteiger partial charge in [0.25, 0.3) is 0 Å². The quantitative estimate of drug-likeness (QED) is 0.852. The molecule has 2 rings (SSSR count). The number of aromatic nitrogens is 1. The van der Waals surface area contributed by atoms with Crippen LogP contribution in [-0.2, 0) is 12.0 Å². The van der Waals surface area contributed by atoms with Crippen LogP contribution < -0.4 is 9.47 Å². The van der Waals surface area contributed by atoms with Crippen molar-refractivity contribution in [2.24, 2.45) is 0 Å². The minimum Gasteiger partial charge on any atom is -0.494 e. The lowest BCUT2D eigenvalue weighted by molar-refractivity contribution is 0.0743. The number of rotatable bonds is 7. The van der Waals surface area contributed by atoms with E-state index in [1.807, 2.05) is 36.6 Å². The van der Waals surface area contributed by atoms with Gasteiger partial charge in [-0.15, -0.1) is 11.3 Å². The molecule has 0 aliphatic rings. The normalized spacial score (nSPS) is 11.4. The Morgan fingerprint density at radius 2 is 1.76 bits per heavy atom. The third-order valence-corrected chi connectivity index (χ3v) is 3.81. The molecule has 114 valence electrons. The van der Waals surface area contributed by atoms with Crippen molar-refractivity contribution in [1.29, 1.82) is 0 Å². The van der Waals surface area contributed by atoms with Crippen LogP contribution in [0, 0.1) is 0 Å². The average molecular weight is 307 g/mol. The fraction of sp³-hybridized carbons (Fsp3) is 0.438. The third-order valence-electron chi connectivity index (χ3n) is 2.90. The first-order chi connectivity index (χ1) is 9.99. The van der Waals surface area contributed by atoms with Gasteiger partial charge < -0.3 is 14.6 Å². The highest BCUT2D eigenvalue weighted by Gasteiger charge is 2.19. The largest absolute Gasteiger partial charge is 0.494 e. The zero-order valence-electron chi connectivity index (χ0n) is 12.6. The van der Waals surface area contributed by atoms with Gasteiger partial charge in [-0.1, -0.05) is 0 Å². The van der Waals surface area contributed by atoms with Gasteiger partial charge in [0.15, 0.2) is 0 Å². The van der Waals surface area contributed by atoms with Crippen molar-refractivity contribution in [2.75, 3.05) is 13.2 Å². The van der Waals surface area contributed by atoms with Gasteiger partial charge in [0, 0.05) is 11.8 Å². The molecule has 0 bridgehead atoms. The molecule has 5 heteroatoms. The van der Waals surface area contributed by atoms with Crippen molar-refractivity contribution in [2.45, 2.75) is 32.8 Å². The highest BCUT2D eigenvalue weighted by molar-refractivity contribution is 7.09. The predicted octanol–water partition coefficient (Wildman–Crippen LogP) is 3.39. The molecule has 0 saturated carbocycles. The summed E-state index contributed by atoms with van der Waals surface area (Å²) in [5.74, 6) is 1.66. The van der Waals surface area contributed by atoms with Crippen LogP contribution in [0.5, 0.6) is 11.5 Å². The van der Waals surface area contributed by atoms with Crippen LogP contribution in [0.3, 0.4) is 0 Å². The van der Waals surface area contributed by atoms with Crippen LogP contribution >= 0.6 is 11.3 Å². The van der Waals surface area contributed by atoms with Crippen LogP contribution in [0.15, 0.2) is 29.6 Å². The highest BCUT2D eigenvalue weighted by Crippen LogP contribution is 2.22. The van der Waals surface area contributed by atoms with Crippen LogP contribution in [0.2, 0.25) is 0 Å². The summed E-state index contributed by atoms with van der Waals surface area (Å²) in [7, 11) is 0. The van der Waals surface area contributed by atoms with Gasteiger partial charge in [0.2, 0.25) is 0 Å². The molecule has 4 nitrogen and oxygen atoms in total. The van der Waals surface area contributed by atoms with Gasteiger partial charge in [-0.3, -0.25) is 0 Å². The van der Waals surface area contributed by atoms with Gasteiger partial charge in [-0.05, 0) is 45.0 Å². The molecule has 0 fully saturated rings. The van der Waals surface area contributed by atoms with Gasteiger partial charge >= 0.3 is 0 Å². The maximum Gasteiger partial charge on any atom is 0.119 e. The number of nitrogens with zero attached hydrogens (tertiary/aromatic N) is 1. The molecule has 1 aromatic carbocycles. The summed E-state index contributed by atoms with van der Waals surface area (Å²) in [5.41, 5.74) is -0.173. The maximum absolute atomic E-state index is 9.88. The molecule has 0 radical (unpaired) electrons. The van der Waals surface area contributed by atoms with Crippen molar-refractivity contribution >= 4 is 11.3 Å². The number of ether oxygens (including phenoxy) is 2. The number of benzene rings is 1. The highest BCUT2D eigenvalue weighted by atomic mass is 32.1. The molecule has 21 heavy (non-hydrogen) atoms. The lowest BCUT2D eigenvalue weighted by Crippen LogP contribution is -2.16. The van der Waals surface area contributed by atoms with Crippen molar-refractivity contribution in [3.8, 4) is 11.5 Å². The smallest absolute Gasteiger partial charge is 0.119 e. The zero-order chi connectivity index (χ0) is 15.3. The summed E-state index contributed by atoms with van der Waals surface area (Å²) < 4.78 is 11.1. The third kappa shape index (κ3) is 4.72. The Morgan fingerprint density at radius 3 is 2.29 bits per heavy atom. The summed E-state index contributed by atoms with van der Waals surface area (Å²) in [4.78, 5) is 4.42. The van der Waals surface area contributed by atoms with Crippen molar-refractivity contribution in [3.63, 3.8) is 0 Å². The minimum atomic E-state index is -0.884. The molecular weight excluding hydrogens is 286 g/mol. The fourth-order valence-electron chi connectivity index (χ4n) is 1.76. The Bertz CT molecular complexity index is 558. The molecule has 1 heterocycles. The molecule has 2 aromatic rings. The van der Waals surface area contributed by atoms with Crippen LogP contribution in [-0.4, -0.2) is 23.3 Å². The molecular formula is C16H21NO3S. The molecule has 0 atom stereocenters. The molecule has 1 aromatic heterocycles. The van der Waals surface area contributed by atoms with Crippen LogP contribution in [0.25, 0.3) is 0 Å². The van der Waals surface area contributed by atoms with Crippen LogP contribution in [0.1, 0.15) is 31.5 Å². The number of thiazole rings is 1. The zero-order valence-corrected chi connectivity index (χ0v) is 13.4. The Labute approximate surface area is 129 Å². The second kappa shape index (κ2) is 6.91. The van der Waals surface area contributed by atoms with E-state index < -0.39 is 5.60 Å². The Hall–Kier alpha value is -1.59. The maximum atomic E-state index is 9.88. The van der Waals surface area contributed by atoms with Gasteiger partial charge in [-0.2, -0.15) is 0 Å². The first-order valence-electron chi connectivity index (χ1n) is 7.02. The molecule has 0 saturated heterocycles. The second-order valence-electron chi connectivity index (χ2n) is 5.19. The predicted molar refractivity (Wildman–Crippen MR) is 84.2 cm³/mol. The standard InChI is InChI=1S/C16H21NO3S/c1-4-19-12-5-7-13(8-6-12)20-10-9-15-17-14(11-21-15)16(2,3)18/h5-8,11,18H,4,9-10H2,1-3H3. The second-order valence-corrected chi connectivity index (χ2v) is 6.13. The molecule has 1 N–H and O–H groups in total. The van der Waals surface area contributed by atoms with E-state index in [-0.39, 0.29) is 0 Å². The van der Waals surface area contributed by atoms with E-state index in [0.717, 1.165) is 22.9 Å². The van der Waals surface area contributed by atoms with E-state index in [9.17, 15) is 5.11 Å². The first kappa shape index (κ1) is 15.8. The van der Waals surface area contributed by atoms with Crippen molar-refractivity contribution in [3.05, 3.63) is 40.3 Å². The van der Waals surface area contributed by atoms with Crippen LogP contribution in [0.4, 0.5) is 0 Å². The number of aliphatic hydroxyl groups is 1. The summed E-state index contributed by atoms with van der Waals surface area (Å²) >= 11 is 1.55. The van der Waals surface area contributed by atoms with E-state index >= 15 is 0 Å². The summed E-state index contributed by atoms with van der Waals surface area (Å²) in [6.07, 6.45) is 0.730. The molecule has 0 unspecified atom stereocenters. The van der Waals surface area contributed by atoms with E-state index in [4.69, 9.17) is 9.47 Å². The molecule has 0 aliphatic carbocycles. The summed E-state index contributed by atoms with van der Waals surface area (Å²) in [6, 6.07) is 7.59. The van der Waals surface area contributed by atoms with E-state index in [1.165, 1.54) is 0 Å². The topological polar surface area (TPSA) is 51.6 Å². The summed E-state index contributed by atoms with van der Waals surface area (Å²) in [6.45, 7) is 6.66. The average Bonchev–Trinajstić information content (AvgIpc) is 2.90. The number of hydrogen-bond donors (Lipinski definition) is 1. The lowest BCUT2D eigenvalue weighted by atomic mass is 10.1. The Morgan fingerprint density at radius 1 is 1.14 bits per heavy atom. The Kier molecular flexibility index (Phi) is 5.20. The van der Waals surface area contributed by atoms with Gasteiger partial charge in [0.05, 0.1) is 23.9 Å². The fourth-order valence-corrected chi connectivity index (χ4v) is 2.70. The Balaban J connectivity index is 1.82. The van der Waals surface area contributed by atoms with Gasteiger partial charge in [0.1, 0.15) is 17.1 Å². The minimum absolute atomic E-state index is 0.562. The van der Waals surface area contributed by atoms with Gasteiger partial charge in [-0.25, -0.2) is 4.98 Å². The molecule has 0 amide bonds. The van der Waals surface area contributed by atoms with E-state index in [2.05, 4.69) is 4.98 Å². The van der Waals surface area contributed by atoms with Crippen molar-refractivity contribution < 1.29 is 14.6 Å². The SMILES string of the molecule is CCOc1ccc(OCCc2nc(C(C)(C)O)cs2)cc1. The van der Waals surface area contributed by atoms with E-state index in [1.54, 1.807) is 25.2 Å². The first-order valence-corrected chi connectivity index (χ1v) is 7.90. The lowest BCUT2D eigenvalue weighted by Gasteiger charge is -2.13. The summed E-state index contributed by atoms with van der Waals surface area (Å²) in [5, 5.41) is 12.7. The number of hydrogen-bond acceptors (Lipinski definition) is 5. The van der Waals surface area contributed by atoms with E-state index in [0.29, 0.717) is 18.9 Å². The monoisotopic (exact) mass is 307 g/mol. The molecule has 0 spiro atoms.